The molecule has 0 aliphatic carbocycles. The Bertz CT molecular complexity index is 447. The van der Waals surface area contributed by atoms with E-state index in [2.05, 4.69) is 0 Å². The van der Waals surface area contributed by atoms with Crippen molar-refractivity contribution >= 4 is 11.6 Å². The summed E-state index contributed by atoms with van der Waals surface area (Å²) < 4.78 is 5.50. The van der Waals surface area contributed by atoms with E-state index in [-0.39, 0.29) is 18.6 Å². The third-order valence-corrected chi connectivity index (χ3v) is 3.01. The molecule has 0 saturated carbocycles. The molecule has 0 saturated heterocycles. The summed E-state index contributed by atoms with van der Waals surface area (Å²) in [5.41, 5.74) is 6.82. The minimum atomic E-state index is -0.121. The van der Waals surface area contributed by atoms with Crippen LogP contribution in [0.4, 0.5) is 5.69 Å². The normalized spacial score (nSPS) is 10.7. The summed E-state index contributed by atoms with van der Waals surface area (Å²) in [5.74, 6) is 0.318. The molecule has 112 valence electrons. The Morgan fingerprint density at radius 3 is 2.70 bits per heavy atom. The maximum Gasteiger partial charge on any atom is 0.257 e. The molecular formula is C15H24N2O3. The molecule has 0 radical (unpaired) electrons. The molecule has 5 nitrogen and oxygen atoms in total. The van der Waals surface area contributed by atoms with Crippen LogP contribution in [0.1, 0.15) is 37.6 Å². The second-order valence-electron chi connectivity index (χ2n) is 4.83. The number of nitrogens with two attached hydrogens (primary N) is 1. The summed E-state index contributed by atoms with van der Waals surface area (Å²) in [4.78, 5) is 14.4. The zero-order chi connectivity index (χ0) is 15.1. The third kappa shape index (κ3) is 3.87. The van der Waals surface area contributed by atoms with Gasteiger partial charge in [0.1, 0.15) is 0 Å². The third-order valence-electron chi connectivity index (χ3n) is 3.01. The summed E-state index contributed by atoms with van der Waals surface area (Å²) in [6.07, 6.45) is 0.552. The predicted octanol–water partition coefficient (Wildman–Crippen LogP) is 1.90. The highest BCUT2D eigenvalue weighted by Crippen LogP contribution is 2.28. The number of anilines is 1. The molecule has 0 fully saturated rings. The predicted molar refractivity (Wildman–Crippen MR) is 79.9 cm³/mol. The van der Waals surface area contributed by atoms with E-state index in [9.17, 15) is 4.79 Å². The van der Waals surface area contributed by atoms with Crippen molar-refractivity contribution in [1.82, 2.24) is 4.90 Å². The van der Waals surface area contributed by atoms with E-state index in [1.807, 2.05) is 20.8 Å². The number of para-hydroxylation sites is 1. The fraction of sp³-hybridized carbons (Fsp3) is 0.533. The highest BCUT2D eigenvalue weighted by Gasteiger charge is 2.22. The lowest BCUT2D eigenvalue weighted by Gasteiger charge is -2.27. The maximum atomic E-state index is 12.6. The summed E-state index contributed by atoms with van der Waals surface area (Å²) in [5, 5.41) is 8.95. The fourth-order valence-electron chi connectivity index (χ4n) is 2.02. The van der Waals surface area contributed by atoms with Gasteiger partial charge in [0.25, 0.3) is 5.91 Å². The molecule has 1 amide bonds. The van der Waals surface area contributed by atoms with Crippen LogP contribution in [0.5, 0.6) is 5.75 Å². The number of hydrogen-bond donors (Lipinski definition) is 2. The van der Waals surface area contributed by atoms with E-state index in [0.717, 1.165) is 0 Å². The highest BCUT2D eigenvalue weighted by molar-refractivity contribution is 5.98. The maximum absolute atomic E-state index is 12.6. The lowest BCUT2D eigenvalue weighted by molar-refractivity contribution is 0.0689. The van der Waals surface area contributed by atoms with Gasteiger partial charge in [0.2, 0.25) is 0 Å². The van der Waals surface area contributed by atoms with Crippen LogP contribution in [0.15, 0.2) is 18.2 Å². The number of benzene rings is 1. The van der Waals surface area contributed by atoms with Crippen molar-refractivity contribution in [3.8, 4) is 5.75 Å². The first-order valence-corrected chi connectivity index (χ1v) is 6.96. The van der Waals surface area contributed by atoms with E-state index in [1.165, 1.54) is 0 Å². The summed E-state index contributed by atoms with van der Waals surface area (Å²) in [6.45, 7) is 6.77. The lowest BCUT2D eigenvalue weighted by atomic mass is 10.1. The number of hydrogen-bond acceptors (Lipinski definition) is 4. The van der Waals surface area contributed by atoms with E-state index < -0.39 is 0 Å². The molecule has 3 N–H and O–H groups in total. The van der Waals surface area contributed by atoms with Crippen LogP contribution in [0.3, 0.4) is 0 Å². The van der Waals surface area contributed by atoms with Crippen LogP contribution in [-0.2, 0) is 0 Å². The Morgan fingerprint density at radius 1 is 1.45 bits per heavy atom. The van der Waals surface area contributed by atoms with E-state index in [0.29, 0.717) is 36.6 Å². The van der Waals surface area contributed by atoms with Crippen molar-refractivity contribution < 1.29 is 14.6 Å². The zero-order valence-electron chi connectivity index (χ0n) is 12.4. The molecule has 0 spiro atoms. The topological polar surface area (TPSA) is 75.8 Å². The van der Waals surface area contributed by atoms with Crippen molar-refractivity contribution in [2.75, 3.05) is 25.5 Å². The SMILES string of the molecule is CCOc1c(N)cccc1C(=O)N(CCCO)C(C)C. The number of carbonyl (C=O) groups excluding carboxylic acids is 1. The van der Waals surface area contributed by atoms with Crippen LogP contribution < -0.4 is 10.5 Å². The van der Waals surface area contributed by atoms with Gasteiger partial charge in [-0.05, 0) is 39.3 Å². The molecule has 0 unspecified atom stereocenters. The zero-order valence-corrected chi connectivity index (χ0v) is 12.4. The van der Waals surface area contributed by atoms with Crippen LogP contribution in [0.2, 0.25) is 0 Å². The lowest BCUT2D eigenvalue weighted by Crippen LogP contribution is -2.38. The molecule has 0 atom stereocenters. The van der Waals surface area contributed by atoms with Crippen LogP contribution in [0.25, 0.3) is 0 Å². The standard InChI is InChI=1S/C15H24N2O3/c1-4-20-14-12(7-5-8-13(14)16)15(19)17(11(2)3)9-6-10-18/h5,7-8,11,18H,4,6,9-10,16H2,1-3H3. The van der Waals surface area contributed by atoms with Gasteiger partial charge < -0.3 is 20.5 Å². The van der Waals surface area contributed by atoms with E-state index in [4.69, 9.17) is 15.6 Å². The monoisotopic (exact) mass is 280 g/mol. The summed E-state index contributed by atoms with van der Waals surface area (Å²) >= 11 is 0. The van der Waals surface area contributed by atoms with Crippen molar-refractivity contribution in [3.05, 3.63) is 23.8 Å². The van der Waals surface area contributed by atoms with Crippen molar-refractivity contribution in [2.24, 2.45) is 0 Å². The van der Waals surface area contributed by atoms with Gasteiger partial charge >= 0.3 is 0 Å². The first-order chi connectivity index (χ1) is 9.52. The number of ether oxygens (including phenoxy) is 1. The number of nitrogens with zero attached hydrogens (tertiary/aromatic N) is 1. The van der Waals surface area contributed by atoms with Crippen molar-refractivity contribution in [2.45, 2.75) is 33.2 Å². The molecule has 5 heteroatoms. The quantitative estimate of drug-likeness (QED) is 0.748. The number of aliphatic hydroxyl groups is 1. The van der Waals surface area contributed by atoms with E-state index >= 15 is 0 Å². The van der Waals surface area contributed by atoms with Gasteiger partial charge in [-0.3, -0.25) is 4.79 Å². The smallest absolute Gasteiger partial charge is 0.257 e. The summed E-state index contributed by atoms with van der Waals surface area (Å²) in [6, 6.07) is 5.23. The van der Waals surface area contributed by atoms with Crippen molar-refractivity contribution in [3.63, 3.8) is 0 Å². The Labute approximate surface area is 120 Å². The molecule has 0 heterocycles. The minimum absolute atomic E-state index is 0.0463. The molecule has 1 rings (SSSR count). The molecule has 20 heavy (non-hydrogen) atoms. The van der Waals surface area contributed by atoms with Crippen LogP contribution in [-0.4, -0.2) is 41.7 Å². The number of amides is 1. The fourth-order valence-corrected chi connectivity index (χ4v) is 2.02. The number of carbonyl (C=O) groups is 1. The Kier molecular flexibility index (Phi) is 6.31. The molecule has 0 bridgehead atoms. The molecule has 1 aromatic carbocycles. The van der Waals surface area contributed by atoms with Crippen LogP contribution in [0, 0.1) is 0 Å². The average molecular weight is 280 g/mol. The van der Waals surface area contributed by atoms with Gasteiger partial charge in [-0.25, -0.2) is 0 Å². The first kappa shape index (κ1) is 16.3. The molecule has 1 aromatic rings. The highest BCUT2D eigenvalue weighted by atomic mass is 16.5. The van der Waals surface area contributed by atoms with Gasteiger partial charge in [0.15, 0.2) is 5.75 Å². The second kappa shape index (κ2) is 7.75. The molecule has 0 aliphatic rings. The number of nitrogen functional groups attached to an aromatic ring is 1. The van der Waals surface area contributed by atoms with Gasteiger partial charge in [0.05, 0.1) is 17.9 Å². The van der Waals surface area contributed by atoms with Gasteiger partial charge in [0, 0.05) is 19.2 Å². The largest absolute Gasteiger partial charge is 0.491 e. The molecular weight excluding hydrogens is 256 g/mol. The van der Waals surface area contributed by atoms with Crippen LogP contribution >= 0.6 is 0 Å². The summed E-state index contributed by atoms with van der Waals surface area (Å²) in [7, 11) is 0. The Hall–Kier alpha value is -1.75. The Balaban J connectivity index is 3.08. The number of rotatable bonds is 7. The second-order valence-corrected chi connectivity index (χ2v) is 4.83. The molecule has 0 aromatic heterocycles. The van der Waals surface area contributed by atoms with Gasteiger partial charge in [-0.1, -0.05) is 6.07 Å². The minimum Gasteiger partial charge on any atom is -0.491 e. The number of aliphatic hydroxyl groups excluding tert-OH is 1. The van der Waals surface area contributed by atoms with Gasteiger partial charge in [-0.15, -0.1) is 0 Å². The Morgan fingerprint density at radius 2 is 2.15 bits per heavy atom. The van der Waals surface area contributed by atoms with E-state index in [1.54, 1.807) is 23.1 Å². The average Bonchev–Trinajstić information content (AvgIpc) is 2.41. The van der Waals surface area contributed by atoms with Crippen molar-refractivity contribution in [1.29, 1.82) is 0 Å². The first-order valence-electron chi connectivity index (χ1n) is 6.96. The van der Waals surface area contributed by atoms with Gasteiger partial charge in [-0.2, -0.15) is 0 Å². The molecule has 0 aliphatic heterocycles.